The van der Waals surface area contributed by atoms with Gasteiger partial charge in [-0.1, -0.05) is 53.5 Å². The Hall–Kier alpha value is -1.29. The minimum absolute atomic E-state index is 0.530. The summed E-state index contributed by atoms with van der Waals surface area (Å²) >= 11 is 17.1. The quantitative estimate of drug-likeness (QED) is 0.817. The van der Waals surface area contributed by atoms with E-state index in [4.69, 9.17) is 35.4 Å². The van der Waals surface area contributed by atoms with Crippen molar-refractivity contribution in [1.82, 2.24) is 5.32 Å². The molecule has 0 atom stereocenters. The van der Waals surface area contributed by atoms with Crippen LogP contribution in [-0.4, -0.2) is 5.11 Å². The molecule has 2 N–H and O–H groups in total. The molecule has 0 heterocycles. The molecule has 0 bridgehead atoms. The average molecular weight is 311 g/mol. The predicted octanol–water partition coefficient (Wildman–Crippen LogP) is 4.48. The summed E-state index contributed by atoms with van der Waals surface area (Å²) in [6.07, 6.45) is 0. The Morgan fingerprint density at radius 3 is 2.26 bits per heavy atom. The maximum atomic E-state index is 5.92. The number of anilines is 1. The van der Waals surface area contributed by atoms with Crippen molar-refractivity contribution < 1.29 is 0 Å². The standard InChI is InChI=1S/C14H12Cl2N2S/c15-11-6-12(16)8-13(7-11)18-14(19)17-9-10-4-2-1-3-5-10/h1-8H,9H2,(H2,17,18,19). The second-order valence-electron chi connectivity index (χ2n) is 3.95. The summed E-state index contributed by atoms with van der Waals surface area (Å²) in [7, 11) is 0. The van der Waals surface area contributed by atoms with Crippen LogP contribution in [0.5, 0.6) is 0 Å². The molecular formula is C14H12Cl2N2S. The zero-order valence-electron chi connectivity index (χ0n) is 9.99. The predicted molar refractivity (Wildman–Crippen MR) is 86.0 cm³/mol. The zero-order chi connectivity index (χ0) is 13.7. The van der Waals surface area contributed by atoms with E-state index in [1.807, 2.05) is 30.3 Å². The second kappa shape index (κ2) is 6.75. The van der Waals surface area contributed by atoms with E-state index in [1.54, 1.807) is 18.2 Å². The van der Waals surface area contributed by atoms with Crippen LogP contribution in [0.2, 0.25) is 10.0 Å². The Morgan fingerprint density at radius 1 is 1.00 bits per heavy atom. The van der Waals surface area contributed by atoms with E-state index in [-0.39, 0.29) is 0 Å². The highest BCUT2D eigenvalue weighted by Crippen LogP contribution is 2.22. The van der Waals surface area contributed by atoms with Gasteiger partial charge in [-0.3, -0.25) is 0 Å². The highest BCUT2D eigenvalue weighted by Gasteiger charge is 2.01. The van der Waals surface area contributed by atoms with Crippen LogP contribution in [-0.2, 0) is 6.54 Å². The number of nitrogens with one attached hydrogen (secondary N) is 2. The first-order chi connectivity index (χ1) is 9.13. The molecule has 2 aromatic carbocycles. The van der Waals surface area contributed by atoms with Crippen molar-refractivity contribution in [2.45, 2.75) is 6.54 Å². The third-order valence-corrected chi connectivity index (χ3v) is 3.10. The topological polar surface area (TPSA) is 24.1 Å². The molecule has 2 nitrogen and oxygen atoms in total. The Bertz CT molecular complexity index is 553. The van der Waals surface area contributed by atoms with Crippen LogP contribution in [0.1, 0.15) is 5.56 Å². The Balaban J connectivity index is 1.91. The van der Waals surface area contributed by atoms with Gasteiger partial charge in [-0.2, -0.15) is 0 Å². The van der Waals surface area contributed by atoms with Crippen LogP contribution in [0.3, 0.4) is 0 Å². The summed E-state index contributed by atoms with van der Waals surface area (Å²) < 4.78 is 0. The fourth-order valence-corrected chi connectivity index (χ4v) is 2.30. The highest BCUT2D eigenvalue weighted by molar-refractivity contribution is 7.80. The zero-order valence-corrected chi connectivity index (χ0v) is 12.3. The molecule has 0 amide bonds. The van der Waals surface area contributed by atoms with Crippen LogP contribution in [0.15, 0.2) is 48.5 Å². The molecule has 0 aromatic heterocycles. The van der Waals surface area contributed by atoms with Crippen LogP contribution in [0, 0.1) is 0 Å². The smallest absolute Gasteiger partial charge is 0.171 e. The average Bonchev–Trinajstić information content (AvgIpc) is 2.36. The van der Waals surface area contributed by atoms with Gasteiger partial charge in [-0.15, -0.1) is 0 Å². The molecule has 0 saturated heterocycles. The van der Waals surface area contributed by atoms with Crippen molar-refractivity contribution in [2.75, 3.05) is 5.32 Å². The summed E-state index contributed by atoms with van der Waals surface area (Å²) in [5, 5.41) is 7.84. The lowest BCUT2D eigenvalue weighted by molar-refractivity contribution is 0.926. The van der Waals surface area contributed by atoms with E-state index in [0.29, 0.717) is 21.7 Å². The molecule has 0 fully saturated rings. The maximum Gasteiger partial charge on any atom is 0.171 e. The molecule has 0 saturated carbocycles. The van der Waals surface area contributed by atoms with Crippen molar-refractivity contribution in [3.05, 3.63) is 64.1 Å². The summed E-state index contributed by atoms with van der Waals surface area (Å²) in [6.45, 7) is 0.668. The fourth-order valence-electron chi connectivity index (χ4n) is 1.58. The first kappa shape index (κ1) is 14.1. The van der Waals surface area contributed by atoms with Crippen LogP contribution in [0.4, 0.5) is 5.69 Å². The van der Waals surface area contributed by atoms with Gasteiger partial charge in [0.05, 0.1) is 0 Å². The van der Waals surface area contributed by atoms with Crippen LogP contribution < -0.4 is 10.6 Å². The van der Waals surface area contributed by atoms with E-state index < -0.39 is 0 Å². The normalized spacial score (nSPS) is 10.0. The number of halogens is 2. The summed E-state index contributed by atoms with van der Waals surface area (Å²) in [4.78, 5) is 0. The summed E-state index contributed by atoms with van der Waals surface area (Å²) in [5.41, 5.74) is 1.93. The molecule has 2 aromatic rings. The second-order valence-corrected chi connectivity index (χ2v) is 5.23. The minimum atomic E-state index is 0.530. The molecule has 0 unspecified atom stereocenters. The largest absolute Gasteiger partial charge is 0.358 e. The molecule has 0 aliphatic rings. The number of rotatable bonds is 3. The third kappa shape index (κ3) is 4.71. The molecule has 98 valence electrons. The van der Waals surface area contributed by atoms with Gasteiger partial charge in [0.15, 0.2) is 5.11 Å². The van der Waals surface area contributed by atoms with E-state index in [9.17, 15) is 0 Å². The van der Waals surface area contributed by atoms with Gasteiger partial charge in [0.25, 0.3) is 0 Å². The van der Waals surface area contributed by atoms with Crippen LogP contribution in [0.25, 0.3) is 0 Å². The van der Waals surface area contributed by atoms with Gasteiger partial charge in [-0.25, -0.2) is 0 Å². The van der Waals surface area contributed by atoms with Crippen LogP contribution >= 0.6 is 35.4 Å². The molecule has 2 rings (SSSR count). The summed E-state index contributed by atoms with van der Waals surface area (Å²) in [6, 6.07) is 15.2. The first-order valence-corrected chi connectivity index (χ1v) is 6.85. The van der Waals surface area contributed by atoms with E-state index in [2.05, 4.69) is 10.6 Å². The lowest BCUT2D eigenvalue weighted by Crippen LogP contribution is -2.27. The molecular weight excluding hydrogens is 299 g/mol. The molecule has 0 aliphatic heterocycles. The number of benzene rings is 2. The third-order valence-electron chi connectivity index (χ3n) is 2.42. The van der Waals surface area contributed by atoms with Gasteiger partial charge in [0, 0.05) is 22.3 Å². The fraction of sp³-hybridized carbons (Fsp3) is 0.0714. The highest BCUT2D eigenvalue weighted by atomic mass is 35.5. The Labute approximate surface area is 127 Å². The van der Waals surface area contributed by atoms with Gasteiger partial charge in [0.1, 0.15) is 0 Å². The monoisotopic (exact) mass is 310 g/mol. The maximum absolute atomic E-state index is 5.92. The van der Waals surface area contributed by atoms with Crippen molar-refractivity contribution in [3.8, 4) is 0 Å². The number of hydrogen-bond donors (Lipinski definition) is 2. The van der Waals surface area contributed by atoms with Crippen molar-refractivity contribution in [3.63, 3.8) is 0 Å². The summed E-state index contributed by atoms with van der Waals surface area (Å²) in [5.74, 6) is 0. The first-order valence-electron chi connectivity index (χ1n) is 5.68. The minimum Gasteiger partial charge on any atom is -0.358 e. The lowest BCUT2D eigenvalue weighted by Gasteiger charge is -2.11. The van der Waals surface area contributed by atoms with Gasteiger partial charge in [-0.05, 0) is 36.0 Å². The SMILES string of the molecule is S=C(NCc1ccccc1)Nc1cc(Cl)cc(Cl)c1. The number of thiocarbonyl (C=S) groups is 1. The van der Waals surface area contributed by atoms with E-state index in [1.165, 1.54) is 0 Å². The van der Waals surface area contributed by atoms with Gasteiger partial charge in [0.2, 0.25) is 0 Å². The molecule has 0 radical (unpaired) electrons. The van der Waals surface area contributed by atoms with Gasteiger partial charge < -0.3 is 10.6 Å². The lowest BCUT2D eigenvalue weighted by atomic mass is 10.2. The molecule has 0 aliphatic carbocycles. The van der Waals surface area contributed by atoms with E-state index >= 15 is 0 Å². The molecule has 5 heteroatoms. The van der Waals surface area contributed by atoms with Crippen molar-refractivity contribution in [2.24, 2.45) is 0 Å². The van der Waals surface area contributed by atoms with Gasteiger partial charge >= 0.3 is 0 Å². The van der Waals surface area contributed by atoms with Crippen molar-refractivity contribution >= 4 is 46.2 Å². The Kier molecular flexibility index (Phi) is 5.02. The molecule has 19 heavy (non-hydrogen) atoms. The number of hydrogen-bond acceptors (Lipinski definition) is 1. The van der Waals surface area contributed by atoms with E-state index in [0.717, 1.165) is 11.3 Å². The Morgan fingerprint density at radius 2 is 1.63 bits per heavy atom. The van der Waals surface area contributed by atoms with Crippen molar-refractivity contribution in [1.29, 1.82) is 0 Å². The molecule has 0 spiro atoms.